The van der Waals surface area contributed by atoms with Crippen LogP contribution in [-0.4, -0.2) is 22.6 Å². The summed E-state index contributed by atoms with van der Waals surface area (Å²) in [5.41, 5.74) is 0. The van der Waals surface area contributed by atoms with E-state index in [1.54, 1.807) is 0 Å². The molecule has 0 saturated heterocycles. The van der Waals surface area contributed by atoms with Crippen molar-refractivity contribution >= 4 is 11.6 Å². The highest BCUT2D eigenvalue weighted by Crippen LogP contribution is 2.35. The molecule has 1 aliphatic rings. The summed E-state index contributed by atoms with van der Waals surface area (Å²) in [5.74, 6) is 2.34. The number of halogens is 1. The van der Waals surface area contributed by atoms with Crippen LogP contribution in [0.15, 0.2) is 4.52 Å². The van der Waals surface area contributed by atoms with Crippen molar-refractivity contribution in [2.45, 2.75) is 51.6 Å². The summed E-state index contributed by atoms with van der Waals surface area (Å²) in [5, 5.41) is 4.06. The van der Waals surface area contributed by atoms with E-state index < -0.39 is 0 Å². The van der Waals surface area contributed by atoms with Crippen molar-refractivity contribution in [1.82, 2.24) is 10.1 Å². The van der Waals surface area contributed by atoms with Gasteiger partial charge in [-0.1, -0.05) is 24.4 Å². The number of ether oxygens (including phenoxy) is 1. The van der Waals surface area contributed by atoms with Gasteiger partial charge in [0.25, 0.3) is 0 Å². The maximum Gasteiger partial charge on any atom is 0.227 e. The smallest absolute Gasteiger partial charge is 0.227 e. The van der Waals surface area contributed by atoms with Gasteiger partial charge in [-0.3, -0.25) is 0 Å². The summed E-state index contributed by atoms with van der Waals surface area (Å²) < 4.78 is 11.0. The van der Waals surface area contributed by atoms with Crippen LogP contribution < -0.4 is 0 Å². The minimum atomic E-state index is -0.0110. The molecule has 0 amide bonds. The normalized spacial score (nSPS) is 19.0. The van der Waals surface area contributed by atoms with E-state index in [1.807, 2.05) is 6.92 Å². The summed E-state index contributed by atoms with van der Waals surface area (Å²) in [7, 11) is 0. The van der Waals surface area contributed by atoms with E-state index in [9.17, 15) is 0 Å². The molecule has 5 heteroatoms. The molecule has 0 spiro atoms. The summed E-state index contributed by atoms with van der Waals surface area (Å²) in [6.07, 6.45) is 6.90. The zero-order valence-electron chi connectivity index (χ0n) is 10.9. The van der Waals surface area contributed by atoms with Crippen LogP contribution in [0.2, 0.25) is 0 Å². The molecule has 1 fully saturated rings. The standard InChI is InChI=1S/C13H21ClN2O2/c1-2-17-12(10-6-4-3-5-7-10)13-15-11(8-9-14)18-16-13/h10,12H,2-9H2,1H3. The molecule has 1 aromatic rings. The monoisotopic (exact) mass is 272 g/mol. The van der Waals surface area contributed by atoms with Gasteiger partial charge in [-0.25, -0.2) is 0 Å². The Bertz CT molecular complexity index is 351. The zero-order valence-corrected chi connectivity index (χ0v) is 11.7. The molecule has 18 heavy (non-hydrogen) atoms. The van der Waals surface area contributed by atoms with E-state index in [1.165, 1.54) is 32.1 Å². The van der Waals surface area contributed by atoms with Crippen molar-refractivity contribution < 1.29 is 9.26 Å². The maximum atomic E-state index is 5.84. The van der Waals surface area contributed by atoms with Gasteiger partial charge in [-0.05, 0) is 25.7 Å². The highest BCUT2D eigenvalue weighted by atomic mass is 35.5. The zero-order chi connectivity index (χ0) is 12.8. The first-order valence-corrected chi connectivity index (χ1v) is 7.38. The molecule has 1 aliphatic carbocycles. The first-order valence-electron chi connectivity index (χ1n) is 6.85. The Balaban J connectivity index is 2.06. The van der Waals surface area contributed by atoms with Crippen LogP contribution in [0, 0.1) is 5.92 Å². The quantitative estimate of drug-likeness (QED) is 0.744. The molecule has 0 N–H and O–H groups in total. The minimum Gasteiger partial charge on any atom is -0.370 e. The molecule has 1 unspecified atom stereocenters. The summed E-state index contributed by atoms with van der Waals surface area (Å²) in [6.45, 7) is 2.69. The predicted molar refractivity (Wildman–Crippen MR) is 69.7 cm³/mol. The van der Waals surface area contributed by atoms with E-state index in [0.29, 0.717) is 36.5 Å². The van der Waals surface area contributed by atoms with E-state index in [0.717, 1.165) is 0 Å². The average molecular weight is 273 g/mol. The van der Waals surface area contributed by atoms with E-state index in [4.69, 9.17) is 20.9 Å². The molecular formula is C13H21ClN2O2. The fraction of sp³-hybridized carbons (Fsp3) is 0.846. The molecule has 0 bridgehead atoms. The summed E-state index contributed by atoms with van der Waals surface area (Å²) in [4.78, 5) is 4.41. The van der Waals surface area contributed by atoms with Gasteiger partial charge >= 0.3 is 0 Å². The Kier molecular flexibility index (Phi) is 5.45. The Hall–Kier alpha value is -0.610. The van der Waals surface area contributed by atoms with Crippen LogP contribution in [0.1, 0.15) is 56.8 Å². The molecule has 1 atom stereocenters. The number of aromatic nitrogens is 2. The summed E-state index contributed by atoms with van der Waals surface area (Å²) in [6, 6.07) is 0. The Morgan fingerprint density at radius 2 is 2.17 bits per heavy atom. The minimum absolute atomic E-state index is 0.0110. The van der Waals surface area contributed by atoms with E-state index in [2.05, 4.69) is 10.1 Å². The second-order valence-corrected chi connectivity index (χ2v) is 5.14. The molecule has 0 radical (unpaired) electrons. The fourth-order valence-electron chi connectivity index (χ4n) is 2.60. The summed E-state index contributed by atoms with van der Waals surface area (Å²) >= 11 is 5.68. The second kappa shape index (κ2) is 7.10. The number of rotatable bonds is 6. The van der Waals surface area contributed by atoms with Gasteiger partial charge in [0.2, 0.25) is 11.7 Å². The molecule has 1 aromatic heterocycles. The van der Waals surface area contributed by atoms with Crippen molar-refractivity contribution in [3.63, 3.8) is 0 Å². The van der Waals surface area contributed by atoms with Gasteiger partial charge in [-0.15, -0.1) is 11.6 Å². The van der Waals surface area contributed by atoms with Crippen molar-refractivity contribution in [1.29, 1.82) is 0 Å². The Morgan fingerprint density at radius 1 is 1.39 bits per heavy atom. The van der Waals surface area contributed by atoms with Crippen molar-refractivity contribution in [2.24, 2.45) is 5.92 Å². The molecule has 1 heterocycles. The molecular weight excluding hydrogens is 252 g/mol. The van der Waals surface area contributed by atoms with Crippen LogP contribution >= 0.6 is 11.6 Å². The first-order chi connectivity index (χ1) is 8.85. The number of aryl methyl sites for hydroxylation is 1. The van der Waals surface area contributed by atoms with Gasteiger partial charge < -0.3 is 9.26 Å². The average Bonchev–Trinajstić information content (AvgIpc) is 2.86. The van der Waals surface area contributed by atoms with Crippen LogP contribution in [0.3, 0.4) is 0 Å². The molecule has 2 rings (SSSR count). The Labute approximate surface area is 113 Å². The van der Waals surface area contributed by atoms with E-state index >= 15 is 0 Å². The molecule has 4 nitrogen and oxygen atoms in total. The molecule has 1 saturated carbocycles. The van der Waals surface area contributed by atoms with Crippen LogP contribution in [0.25, 0.3) is 0 Å². The lowest BCUT2D eigenvalue weighted by molar-refractivity contribution is -0.00145. The largest absolute Gasteiger partial charge is 0.370 e. The van der Waals surface area contributed by atoms with Crippen molar-refractivity contribution in [2.75, 3.05) is 12.5 Å². The van der Waals surface area contributed by atoms with Crippen LogP contribution in [0.4, 0.5) is 0 Å². The highest BCUT2D eigenvalue weighted by molar-refractivity contribution is 6.17. The lowest BCUT2D eigenvalue weighted by Crippen LogP contribution is -2.20. The van der Waals surface area contributed by atoms with Gasteiger partial charge in [0.05, 0.1) is 0 Å². The van der Waals surface area contributed by atoms with Gasteiger partial charge in [0, 0.05) is 18.9 Å². The van der Waals surface area contributed by atoms with Gasteiger partial charge in [-0.2, -0.15) is 4.98 Å². The third-order valence-electron chi connectivity index (χ3n) is 3.47. The third kappa shape index (κ3) is 3.45. The SMILES string of the molecule is CCOC(c1noc(CCCl)n1)C1CCCCC1. The maximum absolute atomic E-state index is 5.84. The lowest BCUT2D eigenvalue weighted by Gasteiger charge is -2.27. The lowest BCUT2D eigenvalue weighted by atomic mass is 9.85. The van der Waals surface area contributed by atoms with Crippen LogP contribution in [-0.2, 0) is 11.2 Å². The van der Waals surface area contributed by atoms with Crippen LogP contribution in [0.5, 0.6) is 0 Å². The van der Waals surface area contributed by atoms with Gasteiger partial charge in [0.15, 0.2) is 0 Å². The number of nitrogens with zero attached hydrogens (tertiary/aromatic N) is 2. The topological polar surface area (TPSA) is 48.2 Å². The molecule has 102 valence electrons. The van der Waals surface area contributed by atoms with Gasteiger partial charge in [0.1, 0.15) is 6.10 Å². The first kappa shape index (κ1) is 13.8. The molecule has 0 aliphatic heterocycles. The second-order valence-electron chi connectivity index (χ2n) is 4.76. The Morgan fingerprint density at radius 3 is 2.83 bits per heavy atom. The molecule has 0 aromatic carbocycles. The number of hydrogen-bond acceptors (Lipinski definition) is 4. The third-order valence-corrected chi connectivity index (χ3v) is 3.66. The predicted octanol–water partition coefficient (Wildman–Crippen LogP) is 3.51. The van der Waals surface area contributed by atoms with Crippen molar-refractivity contribution in [3.8, 4) is 0 Å². The van der Waals surface area contributed by atoms with Crippen molar-refractivity contribution in [3.05, 3.63) is 11.7 Å². The van der Waals surface area contributed by atoms with E-state index in [-0.39, 0.29) is 6.10 Å². The highest BCUT2D eigenvalue weighted by Gasteiger charge is 2.29. The number of hydrogen-bond donors (Lipinski definition) is 0. The fourth-order valence-corrected chi connectivity index (χ4v) is 2.77. The number of alkyl halides is 1.